The Balaban J connectivity index is 0.000000279. The van der Waals surface area contributed by atoms with Crippen molar-refractivity contribution in [1.82, 2.24) is 4.98 Å². The van der Waals surface area contributed by atoms with Crippen molar-refractivity contribution >= 4 is 48.8 Å². The molecule has 51 heavy (non-hydrogen) atoms. The number of hydrogen-bond donors (Lipinski definition) is 1. The average Bonchev–Trinajstić information content (AvgIpc) is 3.55. The van der Waals surface area contributed by atoms with Crippen LogP contribution < -0.4 is 0 Å². The molecular weight excluding hydrogens is 823 g/mol. The zero-order chi connectivity index (χ0) is 36.4. The van der Waals surface area contributed by atoms with Gasteiger partial charge in [-0.2, -0.15) is 0 Å². The molecule has 2 aromatic heterocycles. The molecule has 1 fully saturated rings. The molecule has 0 spiro atoms. The number of carbonyl (C=O) groups excluding carboxylic acids is 1. The Morgan fingerprint density at radius 2 is 1.47 bits per heavy atom. The number of fused-ring (bicyclic) bond motifs is 5. The number of thiophene rings is 1. The van der Waals surface area contributed by atoms with Crippen LogP contribution in [0.25, 0.3) is 42.9 Å². The van der Waals surface area contributed by atoms with E-state index in [0.717, 1.165) is 48.4 Å². The molecule has 1 radical (unpaired) electrons. The van der Waals surface area contributed by atoms with Gasteiger partial charge in [-0.3, -0.25) is 4.79 Å². The van der Waals surface area contributed by atoms with E-state index in [1.807, 2.05) is 59.1 Å². The molecule has 5 heteroatoms. The first kappa shape index (κ1) is 40.9. The van der Waals surface area contributed by atoms with E-state index >= 15 is 0 Å². The summed E-state index contributed by atoms with van der Waals surface area (Å²) in [7, 11) is 0. The van der Waals surface area contributed by atoms with Crippen LogP contribution in [-0.2, 0) is 24.9 Å². The standard InChI is InChI=1S/C31H30NS.C15H28O2.Ir/c1-19-15-20(2)17-23(16-19)29-26-7-8-27-24(25(26)11-14-32-29)6-5-22-18-28(33-30(22)27)21-9-12-31(3,4)13-10-21;1-7-14(5,8-2)12(16)11-13(17)15(6,9-3)10-4;/h5-8,11,14-16,18,21H,9-10,12-13H2,1-4H3;11,16H,7-10H2,1-6H3;/q-1;;/b;12-11-;. The molecule has 3 aromatic carbocycles. The van der Waals surface area contributed by atoms with Crippen molar-refractivity contribution in [3.05, 3.63) is 88.6 Å². The number of pyridine rings is 1. The van der Waals surface area contributed by atoms with Crippen LogP contribution in [0.1, 0.15) is 129 Å². The molecule has 6 rings (SSSR count). The van der Waals surface area contributed by atoms with Gasteiger partial charge in [0.25, 0.3) is 0 Å². The minimum atomic E-state index is -0.337. The van der Waals surface area contributed by atoms with Gasteiger partial charge in [-0.05, 0) is 102 Å². The number of carbonyl (C=O) groups is 1. The second-order valence-electron chi connectivity index (χ2n) is 16.2. The van der Waals surface area contributed by atoms with E-state index in [9.17, 15) is 9.90 Å². The van der Waals surface area contributed by atoms with Crippen LogP contribution >= 0.6 is 11.3 Å². The number of aliphatic hydroxyl groups is 1. The van der Waals surface area contributed by atoms with E-state index in [2.05, 4.69) is 82.3 Å². The SMILES string of the molecule is CCC(C)(CC)C(=O)/C=C(\O)C(C)(CC)CC.Cc1[c-]c(-c2nccc3c2ccc2c3ccc3cc(C4CCC(C)(C)CC4)sc32)cc(C)c1.[Ir]. The molecule has 5 aromatic rings. The number of ketones is 1. The summed E-state index contributed by atoms with van der Waals surface area (Å²) in [6.45, 7) is 21.2. The minimum absolute atomic E-state index is 0. The third-order valence-corrected chi connectivity index (χ3v) is 13.5. The van der Waals surface area contributed by atoms with Gasteiger partial charge in [0.1, 0.15) is 5.76 Å². The Labute approximate surface area is 324 Å². The predicted octanol–water partition coefficient (Wildman–Crippen LogP) is 14.0. The maximum atomic E-state index is 12.2. The normalized spacial score (nSPS) is 15.5. The first-order valence-corrected chi connectivity index (χ1v) is 19.7. The maximum absolute atomic E-state index is 12.2. The molecule has 0 aliphatic heterocycles. The molecule has 0 amide bonds. The monoisotopic (exact) mass is 881 g/mol. The number of benzene rings is 3. The molecule has 275 valence electrons. The first-order valence-electron chi connectivity index (χ1n) is 18.9. The third kappa shape index (κ3) is 8.69. The van der Waals surface area contributed by atoms with Gasteiger partial charge in [-0.1, -0.05) is 93.5 Å². The second kappa shape index (κ2) is 16.4. The summed E-state index contributed by atoms with van der Waals surface area (Å²) in [6, 6.07) is 21.8. The first-order chi connectivity index (χ1) is 23.7. The zero-order valence-corrected chi connectivity index (χ0v) is 35.8. The van der Waals surface area contributed by atoms with Crippen molar-refractivity contribution in [3.8, 4) is 11.3 Å². The Kier molecular flexibility index (Phi) is 13.2. The van der Waals surface area contributed by atoms with E-state index in [-0.39, 0.29) is 42.5 Å². The fourth-order valence-electron chi connectivity index (χ4n) is 7.39. The van der Waals surface area contributed by atoms with Crippen LogP contribution in [0, 0.1) is 36.2 Å². The van der Waals surface area contributed by atoms with E-state index in [0.29, 0.717) is 5.41 Å². The summed E-state index contributed by atoms with van der Waals surface area (Å²) in [6.07, 6.45) is 12.0. The molecule has 1 saturated carbocycles. The molecule has 0 unspecified atom stereocenters. The number of nitrogens with zero attached hydrogens (tertiary/aromatic N) is 1. The molecule has 1 aliphatic carbocycles. The van der Waals surface area contributed by atoms with Gasteiger partial charge >= 0.3 is 0 Å². The van der Waals surface area contributed by atoms with Crippen molar-refractivity contribution in [3.63, 3.8) is 0 Å². The summed E-state index contributed by atoms with van der Waals surface area (Å²) in [5.41, 5.74) is 4.42. The number of allylic oxidation sites excluding steroid dienone is 2. The topological polar surface area (TPSA) is 50.2 Å². The van der Waals surface area contributed by atoms with Crippen LogP contribution in [0.2, 0.25) is 0 Å². The van der Waals surface area contributed by atoms with Crippen LogP contribution in [0.3, 0.4) is 0 Å². The average molecular weight is 881 g/mol. The van der Waals surface area contributed by atoms with E-state index < -0.39 is 0 Å². The Morgan fingerprint density at radius 3 is 2.08 bits per heavy atom. The van der Waals surface area contributed by atoms with Crippen molar-refractivity contribution in [2.75, 3.05) is 0 Å². The predicted molar refractivity (Wildman–Crippen MR) is 216 cm³/mol. The van der Waals surface area contributed by atoms with Crippen LogP contribution in [0.4, 0.5) is 0 Å². The van der Waals surface area contributed by atoms with E-state index in [1.165, 1.54) is 69.0 Å². The van der Waals surface area contributed by atoms with Crippen LogP contribution in [-0.4, -0.2) is 15.9 Å². The second-order valence-corrected chi connectivity index (χ2v) is 17.3. The van der Waals surface area contributed by atoms with Crippen LogP contribution in [0.15, 0.2) is 66.6 Å². The van der Waals surface area contributed by atoms with Gasteiger partial charge in [0, 0.05) is 58.2 Å². The Bertz CT molecular complexity index is 2000. The number of rotatable bonds is 9. The summed E-state index contributed by atoms with van der Waals surface area (Å²) in [5.74, 6) is 1.01. The van der Waals surface area contributed by atoms with Gasteiger partial charge in [-0.15, -0.1) is 46.2 Å². The fourth-order valence-corrected chi connectivity index (χ4v) is 8.75. The Hall–Kier alpha value is -2.85. The number of aliphatic hydroxyl groups excluding tert-OH is 1. The number of aromatic nitrogens is 1. The van der Waals surface area contributed by atoms with E-state index in [1.54, 1.807) is 4.88 Å². The molecule has 1 N–H and O–H groups in total. The van der Waals surface area contributed by atoms with Crippen LogP contribution in [0.5, 0.6) is 0 Å². The minimum Gasteiger partial charge on any atom is -0.512 e. The largest absolute Gasteiger partial charge is 0.512 e. The Morgan fingerprint density at radius 1 is 0.882 bits per heavy atom. The fraction of sp³-hybridized carbons (Fsp3) is 0.478. The van der Waals surface area contributed by atoms with Crippen molar-refractivity contribution in [1.29, 1.82) is 0 Å². The zero-order valence-electron chi connectivity index (χ0n) is 32.6. The summed E-state index contributed by atoms with van der Waals surface area (Å²) >= 11 is 2.02. The maximum Gasteiger partial charge on any atom is 0.164 e. The molecule has 1 aliphatic rings. The van der Waals surface area contributed by atoms with Crippen molar-refractivity contribution < 1.29 is 30.0 Å². The number of hydrogen-bond acceptors (Lipinski definition) is 4. The molecule has 0 atom stereocenters. The molecule has 2 heterocycles. The van der Waals surface area contributed by atoms with Gasteiger partial charge < -0.3 is 10.1 Å². The molecule has 0 bridgehead atoms. The smallest absolute Gasteiger partial charge is 0.164 e. The summed E-state index contributed by atoms with van der Waals surface area (Å²) in [4.78, 5) is 18.5. The van der Waals surface area contributed by atoms with Gasteiger partial charge in [0.05, 0.1) is 0 Å². The third-order valence-electron chi connectivity index (χ3n) is 12.2. The van der Waals surface area contributed by atoms with E-state index in [4.69, 9.17) is 4.98 Å². The quantitative estimate of drug-likeness (QED) is 0.0694. The molecule has 3 nitrogen and oxygen atoms in total. The number of aryl methyl sites for hydroxylation is 2. The van der Waals surface area contributed by atoms with Gasteiger partial charge in [0.2, 0.25) is 0 Å². The van der Waals surface area contributed by atoms with Crippen molar-refractivity contribution in [2.24, 2.45) is 16.2 Å². The molecular formula is C46H58IrNO2S-. The van der Waals surface area contributed by atoms with Gasteiger partial charge in [-0.25, -0.2) is 0 Å². The molecule has 0 saturated heterocycles. The summed E-state index contributed by atoms with van der Waals surface area (Å²) in [5, 5.41) is 16.7. The summed E-state index contributed by atoms with van der Waals surface area (Å²) < 4.78 is 1.44. The van der Waals surface area contributed by atoms with Gasteiger partial charge in [0.15, 0.2) is 5.78 Å². The van der Waals surface area contributed by atoms with Crippen molar-refractivity contribution in [2.45, 2.75) is 127 Å².